The van der Waals surface area contributed by atoms with Crippen LogP contribution in [-0.2, 0) is 14.9 Å². The Hall–Kier alpha value is -0.740. The molecule has 8 nitrogen and oxygen atoms in total. The van der Waals surface area contributed by atoms with Gasteiger partial charge in [0.2, 0.25) is 5.91 Å². The minimum absolute atomic E-state index is 0.0259. The average Bonchev–Trinajstić information content (AvgIpc) is 3.16. The lowest BCUT2D eigenvalue weighted by molar-refractivity contribution is -0.207. The number of rotatable bonds is 7. The molecule has 0 spiro atoms. The van der Waals surface area contributed by atoms with Gasteiger partial charge >= 0.3 is 0 Å². The number of hydrogen-bond acceptors (Lipinski definition) is 6. The molecule has 0 radical (unpaired) electrons. The van der Waals surface area contributed by atoms with Gasteiger partial charge in [-0.1, -0.05) is 20.8 Å². The molecule has 35 heavy (non-hydrogen) atoms. The van der Waals surface area contributed by atoms with E-state index in [0.29, 0.717) is 12.8 Å². The topological polar surface area (TPSA) is 144 Å². The smallest absolute Gasteiger partial charge is 0.266 e. The summed E-state index contributed by atoms with van der Waals surface area (Å²) in [7, 11) is -4.15. The van der Waals surface area contributed by atoms with Crippen molar-refractivity contribution in [3.8, 4) is 0 Å². The van der Waals surface area contributed by atoms with Gasteiger partial charge in [0.15, 0.2) is 0 Å². The second kappa shape index (κ2) is 9.86. The molecule has 9 heteroatoms. The molecular formula is C26H45NO7S. The number of hydrogen-bond donors (Lipinski definition) is 5. The molecule has 0 aromatic heterocycles. The van der Waals surface area contributed by atoms with Gasteiger partial charge in [0, 0.05) is 18.4 Å². The molecule has 4 aliphatic rings. The van der Waals surface area contributed by atoms with E-state index in [-0.39, 0.29) is 61.3 Å². The molecule has 5 N–H and O–H groups in total. The van der Waals surface area contributed by atoms with E-state index in [0.717, 1.165) is 12.8 Å². The minimum Gasteiger partial charge on any atom is -0.393 e. The summed E-state index contributed by atoms with van der Waals surface area (Å²) in [5.74, 6) is -1.99. The van der Waals surface area contributed by atoms with E-state index in [4.69, 9.17) is 10.0 Å². The molecule has 0 bridgehead atoms. The Kier molecular flexibility index (Phi) is 6.27. The van der Waals surface area contributed by atoms with Crippen molar-refractivity contribution < 1.29 is 38.6 Å². The van der Waals surface area contributed by atoms with Crippen molar-refractivity contribution in [1.29, 1.82) is 0 Å². The van der Waals surface area contributed by atoms with Gasteiger partial charge in [0.25, 0.3) is 10.1 Å². The van der Waals surface area contributed by atoms with E-state index in [1.165, 1.54) is 0 Å². The van der Waals surface area contributed by atoms with E-state index in [2.05, 4.69) is 12.2 Å². The SMILES string of the molecule is [2H]C1([2H])C[C@@]2(C)[C@H](C[C@@H](O)[C@@H]3[C@@H]2C[C@H](O)[C@]2(C)[C@@H]([C@H](C)CCC(=O)NCCS(=O)(=O)O)CC[C@@H]32)C([2H])([2H])[C@@H]1O. The van der Waals surface area contributed by atoms with Crippen LogP contribution in [-0.4, -0.2) is 64.8 Å². The first-order chi connectivity index (χ1) is 17.8. The Labute approximate surface area is 215 Å². The summed E-state index contributed by atoms with van der Waals surface area (Å²) in [6, 6.07) is 0. The molecule has 0 unspecified atom stereocenters. The molecule has 4 saturated carbocycles. The van der Waals surface area contributed by atoms with Crippen molar-refractivity contribution >= 4 is 16.0 Å². The number of fused-ring (bicyclic) bond motifs is 5. The number of nitrogens with one attached hydrogen (secondary N) is 1. The van der Waals surface area contributed by atoms with Crippen molar-refractivity contribution in [1.82, 2.24) is 5.32 Å². The summed E-state index contributed by atoms with van der Waals surface area (Å²) >= 11 is 0. The van der Waals surface area contributed by atoms with Crippen LogP contribution in [0.3, 0.4) is 0 Å². The maximum atomic E-state index is 12.3. The predicted molar refractivity (Wildman–Crippen MR) is 132 cm³/mol. The lowest BCUT2D eigenvalue weighted by atomic mass is 9.43. The fourth-order valence-corrected chi connectivity index (χ4v) is 8.77. The Morgan fingerprint density at radius 3 is 2.57 bits per heavy atom. The highest BCUT2D eigenvalue weighted by molar-refractivity contribution is 7.85. The van der Waals surface area contributed by atoms with Crippen molar-refractivity contribution in [3.63, 3.8) is 0 Å². The molecule has 0 heterocycles. The molecule has 0 saturated heterocycles. The normalized spacial score (nSPS) is 50.8. The molecule has 1 amide bonds. The molecule has 202 valence electrons. The number of aliphatic hydroxyl groups is 3. The van der Waals surface area contributed by atoms with Crippen molar-refractivity contribution in [3.05, 3.63) is 0 Å². The van der Waals surface area contributed by atoms with Crippen LogP contribution in [0.15, 0.2) is 0 Å². The second-order valence-electron chi connectivity index (χ2n) is 12.1. The minimum atomic E-state index is -4.15. The number of carbonyl (C=O) groups is 1. The zero-order valence-electron chi connectivity index (χ0n) is 25.0. The van der Waals surface area contributed by atoms with Gasteiger partial charge in [-0.25, -0.2) is 0 Å². The van der Waals surface area contributed by atoms with Crippen LogP contribution in [0.25, 0.3) is 0 Å². The highest BCUT2D eigenvalue weighted by Gasteiger charge is 2.65. The summed E-state index contributed by atoms with van der Waals surface area (Å²) in [5, 5.41) is 36.2. The third kappa shape index (κ3) is 5.05. The Balaban J connectivity index is 1.51. The molecule has 0 aliphatic heterocycles. The van der Waals surface area contributed by atoms with Gasteiger partial charge in [-0.3, -0.25) is 9.35 Å². The van der Waals surface area contributed by atoms with E-state index in [1.54, 1.807) is 0 Å². The highest BCUT2D eigenvalue weighted by Crippen LogP contribution is 2.68. The zero-order chi connectivity index (χ0) is 29.3. The van der Waals surface area contributed by atoms with Gasteiger partial charge in [-0.2, -0.15) is 8.42 Å². The predicted octanol–water partition coefficient (Wildman–Crippen LogP) is 2.37. The summed E-state index contributed by atoms with van der Waals surface area (Å²) in [6.45, 7) is 5.82. The van der Waals surface area contributed by atoms with Gasteiger partial charge in [0.05, 0.1) is 24.1 Å². The van der Waals surface area contributed by atoms with E-state index in [9.17, 15) is 28.5 Å². The maximum Gasteiger partial charge on any atom is 0.266 e. The molecule has 0 aromatic rings. The first-order valence-corrected chi connectivity index (χ1v) is 14.6. The molecule has 0 aromatic carbocycles. The fraction of sp³-hybridized carbons (Fsp3) is 0.962. The summed E-state index contributed by atoms with van der Waals surface area (Å²) in [5.41, 5.74) is -1.36. The quantitative estimate of drug-likeness (QED) is 0.325. The van der Waals surface area contributed by atoms with E-state index >= 15 is 0 Å². The van der Waals surface area contributed by atoms with Gasteiger partial charge in [0.1, 0.15) is 0 Å². The van der Waals surface area contributed by atoms with Crippen LogP contribution in [0.4, 0.5) is 0 Å². The lowest BCUT2D eigenvalue weighted by Crippen LogP contribution is -2.62. The van der Waals surface area contributed by atoms with Crippen LogP contribution >= 0.6 is 0 Å². The molecule has 4 rings (SSSR count). The number of amides is 1. The Morgan fingerprint density at radius 2 is 1.89 bits per heavy atom. The maximum absolute atomic E-state index is 12.3. The van der Waals surface area contributed by atoms with E-state index < -0.39 is 63.7 Å². The molecule has 4 aliphatic carbocycles. The van der Waals surface area contributed by atoms with E-state index in [1.807, 2.05) is 13.8 Å². The second-order valence-corrected chi connectivity index (χ2v) is 13.6. The summed E-state index contributed by atoms with van der Waals surface area (Å²) in [6.07, 6.45) is -4.95. The third-order valence-electron chi connectivity index (χ3n) is 10.3. The van der Waals surface area contributed by atoms with Crippen LogP contribution in [0.1, 0.15) is 83.9 Å². The molecular weight excluding hydrogens is 470 g/mol. The van der Waals surface area contributed by atoms with Crippen molar-refractivity contribution in [2.24, 2.45) is 46.3 Å². The monoisotopic (exact) mass is 519 g/mol. The number of carbonyl (C=O) groups excluding carboxylic acids is 1. The largest absolute Gasteiger partial charge is 0.393 e. The molecule has 4 fully saturated rings. The first-order valence-electron chi connectivity index (χ1n) is 15.0. The molecule has 11 atom stereocenters. The third-order valence-corrected chi connectivity index (χ3v) is 11.0. The van der Waals surface area contributed by atoms with Crippen LogP contribution in [0.2, 0.25) is 0 Å². The highest BCUT2D eigenvalue weighted by atomic mass is 32.2. The lowest BCUT2D eigenvalue weighted by Gasteiger charge is -2.63. The van der Waals surface area contributed by atoms with Gasteiger partial charge < -0.3 is 20.6 Å². The van der Waals surface area contributed by atoms with Crippen molar-refractivity contribution in [2.45, 2.75) is 96.8 Å². The van der Waals surface area contributed by atoms with Crippen molar-refractivity contribution in [2.75, 3.05) is 12.3 Å². The van der Waals surface area contributed by atoms with Crippen LogP contribution < -0.4 is 5.32 Å². The Morgan fingerprint density at radius 1 is 1.17 bits per heavy atom. The first kappa shape index (κ1) is 22.3. The average molecular weight is 520 g/mol. The zero-order valence-corrected chi connectivity index (χ0v) is 21.8. The van der Waals surface area contributed by atoms with Crippen LogP contribution in [0, 0.1) is 46.3 Å². The Bertz CT molecular complexity index is 1060. The van der Waals surface area contributed by atoms with Gasteiger partial charge in [-0.05, 0) is 97.6 Å². The van der Waals surface area contributed by atoms with Gasteiger partial charge in [-0.15, -0.1) is 0 Å². The fourth-order valence-electron chi connectivity index (χ4n) is 8.41. The number of aliphatic hydroxyl groups excluding tert-OH is 3. The van der Waals surface area contributed by atoms with Crippen LogP contribution in [0.5, 0.6) is 0 Å². The summed E-state index contributed by atoms with van der Waals surface area (Å²) in [4.78, 5) is 12.3. The summed E-state index contributed by atoms with van der Waals surface area (Å²) < 4.78 is 64.7. The standard InChI is InChI=1S/C26H45NO7S/c1-15(4-7-23(31)27-10-11-35(32,33)34)18-5-6-19-24-20(14-22(30)26(18,19)3)25(2)9-8-17(28)12-16(25)13-21(24)29/h15-22,24,28-30H,4-14H2,1-3H3,(H,27,31)(H,32,33,34)/t15-,16+,17-,18-,19+,20+,21-,22+,24+,25+,26-/m1/s1/i8D2,12D2.